The van der Waals surface area contributed by atoms with Gasteiger partial charge in [0.25, 0.3) is 5.56 Å². The van der Waals surface area contributed by atoms with E-state index in [0.717, 1.165) is 10.4 Å². The van der Waals surface area contributed by atoms with E-state index in [4.69, 9.17) is 11.6 Å². The number of fused-ring (bicyclic) bond motifs is 1. The molecular weight excluding hydrogens is 413 g/mol. The van der Waals surface area contributed by atoms with Crippen molar-refractivity contribution in [1.82, 2.24) is 14.9 Å². The van der Waals surface area contributed by atoms with E-state index in [1.165, 1.54) is 34.4 Å². The molecule has 0 aliphatic heterocycles. The topological polar surface area (TPSA) is 64.0 Å². The van der Waals surface area contributed by atoms with Crippen LogP contribution >= 0.6 is 22.9 Å². The lowest BCUT2D eigenvalue weighted by molar-refractivity contribution is -0.122. The maximum Gasteiger partial charge on any atom is 0.261 e. The van der Waals surface area contributed by atoms with Gasteiger partial charge in [0.15, 0.2) is 0 Å². The van der Waals surface area contributed by atoms with Crippen molar-refractivity contribution in [3.05, 3.63) is 97.9 Å². The Morgan fingerprint density at radius 2 is 2.00 bits per heavy atom. The molecule has 29 heavy (non-hydrogen) atoms. The van der Waals surface area contributed by atoms with Crippen molar-refractivity contribution in [2.24, 2.45) is 0 Å². The Bertz CT molecular complexity index is 1220. The molecule has 4 rings (SSSR count). The van der Waals surface area contributed by atoms with E-state index in [2.05, 4.69) is 10.3 Å². The average molecular weight is 428 g/mol. The lowest BCUT2D eigenvalue weighted by atomic mass is 10.1. The number of rotatable bonds is 5. The van der Waals surface area contributed by atoms with Gasteiger partial charge in [-0.1, -0.05) is 29.8 Å². The average Bonchev–Trinajstić information content (AvgIpc) is 3.24. The van der Waals surface area contributed by atoms with Crippen molar-refractivity contribution >= 4 is 39.7 Å². The summed E-state index contributed by atoms with van der Waals surface area (Å²) in [6, 6.07) is 14.1. The van der Waals surface area contributed by atoms with Crippen LogP contribution in [0.3, 0.4) is 0 Å². The van der Waals surface area contributed by atoms with Crippen LogP contribution in [0.15, 0.2) is 71.1 Å². The molecule has 1 unspecified atom stereocenters. The summed E-state index contributed by atoms with van der Waals surface area (Å²) in [5, 5.41) is 5.70. The van der Waals surface area contributed by atoms with Crippen LogP contribution in [0.5, 0.6) is 0 Å². The number of nitrogens with one attached hydrogen (secondary N) is 1. The molecule has 0 radical (unpaired) electrons. The number of nitrogens with zero attached hydrogens (tertiary/aromatic N) is 2. The van der Waals surface area contributed by atoms with Gasteiger partial charge in [-0.05, 0) is 47.3 Å². The number of carbonyl (C=O) groups excluding carboxylic acids is 1. The Labute approximate surface area is 174 Å². The van der Waals surface area contributed by atoms with Crippen molar-refractivity contribution in [3.63, 3.8) is 0 Å². The molecular formula is C21H15ClFN3O2S. The Hall–Kier alpha value is -3.03. The summed E-state index contributed by atoms with van der Waals surface area (Å²) in [5.41, 5.74) is 0.902. The van der Waals surface area contributed by atoms with Crippen molar-refractivity contribution in [3.8, 4) is 0 Å². The number of benzene rings is 2. The predicted octanol–water partition coefficient (Wildman–Crippen LogP) is 4.16. The third kappa shape index (κ3) is 4.21. The molecule has 1 amide bonds. The fourth-order valence-electron chi connectivity index (χ4n) is 3.03. The van der Waals surface area contributed by atoms with Gasteiger partial charge in [0.05, 0.1) is 23.3 Å². The molecule has 0 fully saturated rings. The number of carbonyl (C=O) groups is 1. The van der Waals surface area contributed by atoms with E-state index in [9.17, 15) is 14.0 Å². The molecule has 2 aromatic carbocycles. The molecule has 1 atom stereocenters. The first kappa shape index (κ1) is 19.3. The number of halogens is 2. The summed E-state index contributed by atoms with van der Waals surface area (Å²) >= 11 is 7.42. The number of aromatic nitrogens is 2. The predicted molar refractivity (Wildman–Crippen MR) is 112 cm³/mol. The molecule has 8 heteroatoms. The van der Waals surface area contributed by atoms with Gasteiger partial charge in [-0.25, -0.2) is 9.37 Å². The van der Waals surface area contributed by atoms with Crippen LogP contribution in [0.2, 0.25) is 5.02 Å². The van der Waals surface area contributed by atoms with Crippen LogP contribution in [0.1, 0.15) is 16.5 Å². The zero-order valence-corrected chi connectivity index (χ0v) is 16.6. The minimum atomic E-state index is -0.439. The Morgan fingerprint density at radius 3 is 2.72 bits per heavy atom. The van der Waals surface area contributed by atoms with Crippen molar-refractivity contribution in [1.29, 1.82) is 0 Å². The first-order chi connectivity index (χ1) is 14.0. The molecule has 5 nitrogen and oxygen atoms in total. The highest BCUT2D eigenvalue weighted by molar-refractivity contribution is 7.10. The highest BCUT2D eigenvalue weighted by Gasteiger charge is 2.19. The molecule has 1 N–H and O–H groups in total. The zero-order chi connectivity index (χ0) is 20.4. The van der Waals surface area contributed by atoms with Gasteiger partial charge >= 0.3 is 0 Å². The third-order valence-electron chi connectivity index (χ3n) is 4.44. The first-order valence-electron chi connectivity index (χ1n) is 8.74. The van der Waals surface area contributed by atoms with Gasteiger partial charge in [-0.2, -0.15) is 0 Å². The molecule has 0 saturated carbocycles. The van der Waals surface area contributed by atoms with E-state index in [1.807, 2.05) is 17.5 Å². The third-order valence-corrected chi connectivity index (χ3v) is 5.61. The molecule has 0 spiro atoms. The lowest BCUT2D eigenvalue weighted by Crippen LogP contribution is -2.35. The van der Waals surface area contributed by atoms with E-state index < -0.39 is 6.04 Å². The second-order valence-electron chi connectivity index (χ2n) is 6.41. The van der Waals surface area contributed by atoms with Crippen molar-refractivity contribution in [2.45, 2.75) is 12.6 Å². The molecule has 4 aromatic rings. The lowest BCUT2D eigenvalue weighted by Gasteiger charge is -2.18. The molecule has 0 bridgehead atoms. The summed E-state index contributed by atoms with van der Waals surface area (Å²) in [6.07, 6.45) is 1.33. The Morgan fingerprint density at radius 1 is 1.21 bits per heavy atom. The SMILES string of the molecule is O=C(Cn1cnc2cc(Cl)ccc2c1=O)NC(c1ccc(F)cc1)c1cccs1. The quantitative estimate of drug-likeness (QED) is 0.520. The Balaban J connectivity index is 1.59. The van der Waals surface area contributed by atoms with Crippen molar-refractivity contribution in [2.75, 3.05) is 0 Å². The van der Waals surface area contributed by atoms with Gasteiger partial charge in [0.2, 0.25) is 5.91 Å². The minimum Gasteiger partial charge on any atom is -0.343 e. The second kappa shape index (κ2) is 8.14. The van der Waals surface area contributed by atoms with Crippen LogP contribution in [-0.4, -0.2) is 15.5 Å². The first-order valence-corrected chi connectivity index (χ1v) is 10.00. The highest BCUT2D eigenvalue weighted by atomic mass is 35.5. The van der Waals surface area contributed by atoms with Gasteiger partial charge in [-0.3, -0.25) is 14.2 Å². The van der Waals surface area contributed by atoms with E-state index in [1.54, 1.807) is 30.3 Å². The smallest absolute Gasteiger partial charge is 0.261 e. The van der Waals surface area contributed by atoms with Crippen LogP contribution < -0.4 is 10.9 Å². The van der Waals surface area contributed by atoms with E-state index >= 15 is 0 Å². The number of hydrogen-bond acceptors (Lipinski definition) is 4. The van der Waals surface area contributed by atoms with E-state index in [-0.39, 0.29) is 23.8 Å². The molecule has 0 aliphatic rings. The number of amides is 1. The summed E-state index contributed by atoms with van der Waals surface area (Å²) in [4.78, 5) is 30.5. The number of thiophene rings is 1. The molecule has 2 heterocycles. The van der Waals surface area contributed by atoms with Crippen LogP contribution in [0.4, 0.5) is 4.39 Å². The summed E-state index contributed by atoms with van der Waals surface area (Å²) < 4.78 is 14.6. The van der Waals surface area contributed by atoms with Gasteiger partial charge in [0, 0.05) is 9.90 Å². The maximum absolute atomic E-state index is 13.3. The molecule has 0 saturated heterocycles. The monoisotopic (exact) mass is 427 g/mol. The van der Waals surface area contributed by atoms with Crippen LogP contribution in [-0.2, 0) is 11.3 Å². The molecule has 146 valence electrons. The van der Waals surface area contributed by atoms with Gasteiger partial charge in [0.1, 0.15) is 12.4 Å². The summed E-state index contributed by atoms with van der Waals surface area (Å²) in [5.74, 6) is -0.705. The van der Waals surface area contributed by atoms with Gasteiger partial charge < -0.3 is 5.32 Å². The fraction of sp³-hybridized carbons (Fsp3) is 0.0952. The minimum absolute atomic E-state index is 0.187. The fourth-order valence-corrected chi connectivity index (χ4v) is 4.00. The highest BCUT2D eigenvalue weighted by Crippen LogP contribution is 2.26. The summed E-state index contributed by atoms with van der Waals surface area (Å²) in [6.45, 7) is -0.187. The second-order valence-corrected chi connectivity index (χ2v) is 7.82. The summed E-state index contributed by atoms with van der Waals surface area (Å²) in [7, 11) is 0. The van der Waals surface area contributed by atoms with Crippen LogP contribution in [0.25, 0.3) is 10.9 Å². The standard InChI is InChI=1S/C21H15ClFN3O2S/c22-14-5-8-16-17(10-14)24-12-26(21(16)28)11-19(27)25-20(18-2-1-9-29-18)13-3-6-15(23)7-4-13/h1-10,12,20H,11H2,(H,25,27). The van der Waals surface area contributed by atoms with Crippen molar-refractivity contribution < 1.29 is 9.18 Å². The maximum atomic E-state index is 13.3. The molecule has 0 aliphatic carbocycles. The van der Waals surface area contributed by atoms with E-state index in [0.29, 0.717) is 15.9 Å². The van der Waals surface area contributed by atoms with Crippen LogP contribution in [0, 0.1) is 5.82 Å². The number of hydrogen-bond donors (Lipinski definition) is 1. The normalized spacial score (nSPS) is 12.1. The Kier molecular flexibility index (Phi) is 5.42. The van der Waals surface area contributed by atoms with Gasteiger partial charge in [-0.15, -0.1) is 11.3 Å². The zero-order valence-electron chi connectivity index (χ0n) is 15.0. The largest absolute Gasteiger partial charge is 0.343 e. The molecule has 2 aromatic heterocycles.